The van der Waals surface area contributed by atoms with E-state index >= 15 is 0 Å². The van der Waals surface area contributed by atoms with Crippen molar-refractivity contribution in [3.63, 3.8) is 0 Å². The van der Waals surface area contributed by atoms with Crippen LogP contribution in [0.1, 0.15) is 36.8 Å². The summed E-state index contributed by atoms with van der Waals surface area (Å²) in [5, 5.41) is 7.93. The van der Waals surface area contributed by atoms with Crippen LogP contribution in [0, 0.1) is 5.92 Å². The van der Waals surface area contributed by atoms with E-state index in [-0.39, 0.29) is 0 Å². The molecule has 2 saturated carbocycles. The van der Waals surface area contributed by atoms with E-state index in [0.717, 1.165) is 36.6 Å². The van der Waals surface area contributed by atoms with Crippen molar-refractivity contribution in [2.24, 2.45) is 5.92 Å². The molecule has 18 heavy (non-hydrogen) atoms. The molecule has 1 aromatic rings. The first kappa shape index (κ1) is 12.5. The lowest BCUT2D eigenvalue weighted by Crippen LogP contribution is -2.18. The molecule has 0 heterocycles. The molecule has 0 atom stereocenters. The average molecular weight is 265 g/mol. The molecule has 1 aromatic carbocycles. The van der Waals surface area contributed by atoms with Crippen LogP contribution < -0.4 is 10.6 Å². The standard InChI is InChI=1S/C15H21ClN2/c16-15-6-3-12(9-17-8-11-1-2-11)7-13(15)10-18-14-4-5-14/h3,6-7,11,14,17-18H,1-2,4-5,8-10H2. The molecule has 3 heteroatoms. The molecule has 0 radical (unpaired) electrons. The van der Waals surface area contributed by atoms with Gasteiger partial charge in [0.1, 0.15) is 0 Å². The topological polar surface area (TPSA) is 24.1 Å². The predicted molar refractivity (Wildman–Crippen MR) is 75.7 cm³/mol. The molecule has 0 aromatic heterocycles. The fraction of sp³-hybridized carbons (Fsp3) is 0.600. The van der Waals surface area contributed by atoms with Crippen LogP contribution in [0.2, 0.25) is 5.02 Å². The largest absolute Gasteiger partial charge is 0.312 e. The van der Waals surface area contributed by atoms with Crippen LogP contribution >= 0.6 is 11.6 Å². The molecule has 2 aliphatic carbocycles. The third-order valence-electron chi connectivity index (χ3n) is 3.73. The van der Waals surface area contributed by atoms with E-state index in [1.54, 1.807) is 0 Å². The van der Waals surface area contributed by atoms with Crippen molar-refractivity contribution >= 4 is 11.6 Å². The zero-order valence-electron chi connectivity index (χ0n) is 10.7. The van der Waals surface area contributed by atoms with Gasteiger partial charge in [-0.05, 0) is 55.3 Å². The van der Waals surface area contributed by atoms with Crippen molar-refractivity contribution in [2.45, 2.75) is 44.8 Å². The zero-order valence-corrected chi connectivity index (χ0v) is 11.5. The van der Waals surface area contributed by atoms with Crippen LogP contribution in [0.5, 0.6) is 0 Å². The summed E-state index contributed by atoms with van der Waals surface area (Å²) >= 11 is 6.23. The van der Waals surface area contributed by atoms with Crippen molar-refractivity contribution in [1.29, 1.82) is 0 Å². The van der Waals surface area contributed by atoms with Gasteiger partial charge in [-0.15, -0.1) is 0 Å². The quantitative estimate of drug-likeness (QED) is 0.791. The molecule has 2 fully saturated rings. The number of hydrogen-bond donors (Lipinski definition) is 2. The SMILES string of the molecule is Clc1ccc(CNCC2CC2)cc1CNC1CC1. The predicted octanol–water partition coefficient (Wildman–Crippen LogP) is 3.09. The maximum Gasteiger partial charge on any atom is 0.0451 e. The molecule has 2 nitrogen and oxygen atoms in total. The molecule has 0 bridgehead atoms. The van der Waals surface area contributed by atoms with Gasteiger partial charge in [0.2, 0.25) is 0 Å². The Labute approximate surface area is 114 Å². The van der Waals surface area contributed by atoms with Crippen molar-refractivity contribution < 1.29 is 0 Å². The van der Waals surface area contributed by atoms with Gasteiger partial charge in [-0.2, -0.15) is 0 Å². The average Bonchev–Trinajstić information content (AvgIpc) is 3.24. The second-order valence-electron chi connectivity index (χ2n) is 5.66. The fourth-order valence-corrected chi connectivity index (χ4v) is 2.34. The van der Waals surface area contributed by atoms with Crippen molar-refractivity contribution in [3.8, 4) is 0 Å². The van der Waals surface area contributed by atoms with Crippen molar-refractivity contribution in [3.05, 3.63) is 34.3 Å². The maximum atomic E-state index is 6.23. The van der Waals surface area contributed by atoms with Crippen LogP contribution in [-0.2, 0) is 13.1 Å². The molecule has 2 N–H and O–H groups in total. The van der Waals surface area contributed by atoms with E-state index in [9.17, 15) is 0 Å². The third-order valence-corrected chi connectivity index (χ3v) is 4.10. The van der Waals surface area contributed by atoms with Gasteiger partial charge >= 0.3 is 0 Å². The molecule has 0 spiro atoms. The summed E-state index contributed by atoms with van der Waals surface area (Å²) in [6.07, 6.45) is 5.45. The second kappa shape index (κ2) is 5.60. The minimum Gasteiger partial charge on any atom is -0.312 e. The molecular formula is C15H21ClN2. The highest BCUT2D eigenvalue weighted by Crippen LogP contribution is 2.27. The van der Waals surface area contributed by atoms with Crippen LogP contribution in [0.3, 0.4) is 0 Å². The summed E-state index contributed by atoms with van der Waals surface area (Å²) in [6.45, 7) is 3.03. The molecule has 2 aliphatic rings. The Balaban J connectivity index is 1.53. The highest BCUT2D eigenvalue weighted by Gasteiger charge is 2.21. The molecule has 0 amide bonds. The van der Waals surface area contributed by atoms with Crippen molar-refractivity contribution in [2.75, 3.05) is 6.54 Å². The van der Waals surface area contributed by atoms with Crippen LogP contribution in [-0.4, -0.2) is 12.6 Å². The lowest BCUT2D eigenvalue weighted by molar-refractivity contribution is 0.637. The Hall–Kier alpha value is -0.570. The van der Waals surface area contributed by atoms with E-state index in [1.807, 2.05) is 6.07 Å². The zero-order chi connectivity index (χ0) is 12.4. The molecular weight excluding hydrogens is 244 g/mol. The first-order chi connectivity index (χ1) is 8.81. The number of benzene rings is 1. The summed E-state index contributed by atoms with van der Waals surface area (Å²) in [7, 11) is 0. The normalized spacial score (nSPS) is 19.2. The van der Waals surface area contributed by atoms with Gasteiger partial charge in [0, 0.05) is 24.2 Å². The van der Waals surface area contributed by atoms with Gasteiger partial charge in [-0.25, -0.2) is 0 Å². The number of hydrogen-bond acceptors (Lipinski definition) is 2. The van der Waals surface area contributed by atoms with Gasteiger partial charge in [-0.1, -0.05) is 23.7 Å². The van der Waals surface area contributed by atoms with Gasteiger partial charge in [-0.3, -0.25) is 0 Å². The minimum atomic E-state index is 0.734. The Morgan fingerprint density at radius 1 is 1.11 bits per heavy atom. The Bertz CT molecular complexity index is 411. The van der Waals surface area contributed by atoms with Gasteiger partial charge in [0.15, 0.2) is 0 Å². The second-order valence-corrected chi connectivity index (χ2v) is 6.06. The molecule has 0 aliphatic heterocycles. The molecule has 0 unspecified atom stereocenters. The first-order valence-electron chi connectivity index (χ1n) is 7.02. The Morgan fingerprint density at radius 3 is 2.67 bits per heavy atom. The third kappa shape index (κ3) is 3.71. The number of rotatable bonds is 7. The van der Waals surface area contributed by atoms with Crippen molar-refractivity contribution in [1.82, 2.24) is 10.6 Å². The smallest absolute Gasteiger partial charge is 0.0451 e. The lowest BCUT2D eigenvalue weighted by Gasteiger charge is -2.09. The van der Waals surface area contributed by atoms with Crippen LogP contribution in [0.25, 0.3) is 0 Å². The summed E-state index contributed by atoms with van der Waals surface area (Å²) in [4.78, 5) is 0. The van der Waals surface area contributed by atoms with E-state index in [1.165, 1.54) is 36.8 Å². The summed E-state index contributed by atoms with van der Waals surface area (Å²) in [6, 6.07) is 7.12. The summed E-state index contributed by atoms with van der Waals surface area (Å²) in [5.41, 5.74) is 2.57. The van der Waals surface area contributed by atoms with E-state index in [2.05, 4.69) is 22.8 Å². The van der Waals surface area contributed by atoms with E-state index in [4.69, 9.17) is 11.6 Å². The van der Waals surface area contributed by atoms with Crippen LogP contribution in [0.4, 0.5) is 0 Å². The molecule has 3 rings (SSSR count). The van der Waals surface area contributed by atoms with Crippen LogP contribution in [0.15, 0.2) is 18.2 Å². The van der Waals surface area contributed by atoms with Gasteiger partial charge in [0.25, 0.3) is 0 Å². The van der Waals surface area contributed by atoms with E-state index in [0.29, 0.717) is 0 Å². The summed E-state index contributed by atoms with van der Waals surface area (Å²) in [5.74, 6) is 0.938. The fourth-order valence-electron chi connectivity index (χ4n) is 2.16. The molecule has 98 valence electrons. The van der Waals surface area contributed by atoms with E-state index < -0.39 is 0 Å². The Morgan fingerprint density at radius 2 is 1.94 bits per heavy atom. The number of nitrogens with one attached hydrogen (secondary N) is 2. The Kier molecular flexibility index (Phi) is 3.88. The first-order valence-corrected chi connectivity index (χ1v) is 7.40. The summed E-state index contributed by atoms with van der Waals surface area (Å²) < 4.78 is 0. The minimum absolute atomic E-state index is 0.734. The lowest BCUT2D eigenvalue weighted by atomic mass is 10.1. The molecule has 0 saturated heterocycles. The maximum absolute atomic E-state index is 6.23. The highest BCUT2D eigenvalue weighted by molar-refractivity contribution is 6.31. The number of halogens is 1. The van der Waals surface area contributed by atoms with Gasteiger partial charge in [0.05, 0.1) is 0 Å². The monoisotopic (exact) mass is 264 g/mol. The highest BCUT2D eigenvalue weighted by atomic mass is 35.5. The van der Waals surface area contributed by atoms with Gasteiger partial charge < -0.3 is 10.6 Å².